The van der Waals surface area contributed by atoms with E-state index in [1.54, 1.807) is 0 Å². The zero-order chi connectivity index (χ0) is 66.6. The average Bonchev–Trinajstić information content (AvgIpc) is 1.79. The van der Waals surface area contributed by atoms with Crippen molar-refractivity contribution < 1.29 is 28.4 Å². The molecular formula is C85H160O6. The molecular weight excluding hydrogens is 1120 g/mol. The molecule has 0 unspecified atom stereocenters. The Bertz CT molecular complexity index is 1870. The van der Waals surface area contributed by atoms with Gasteiger partial charge in [-0.1, -0.05) is 132 Å². The largest absolute Gasteiger partial charge is 0.380 e. The summed E-state index contributed by atoms with van der Waals surface area (Å²) in [6, 6.07) is 0. The van der Waals surface area contributed by atoms with Crippen LogP contribution >= 0.6 is 0 Å². The van der Waals surface area contributed by atoms with Crippen LogP contribution in [0.2, 0.25) is 0 Å². The molecule has 6 saturated carbocycles. The second-order valence-corrected chi connectivity index (χ2v) is 40.1. The summed E-state index contributed by atoms with van der Waals surface area (Å²) < 4.78 is 36.2. The van der Waals surface area contributed by atoms with Crippen molar-refractivity contribution in [3.8, 4) is 0 Å². The van der Waals surface area contributed by atoms with Crippen LogP contribution in [0, 0.1) is 104 Å². The predicted octanol–water partition coefficient (Wildman–Crippen LogP) is 24.7. The van der Waals surface area contributed by atoms with Gasteiger partial charge in [0, 0.05) is 24.0 Å². The lowest BCUT2D eigenvalue weighted by molar-refractivity contribution is -0.110. The maximum atomic E-state index is 6.31. The van der Waals surface area contributed by atoms with Crippen LogP contribution in [0.3, 0.4) is 0 Å². The van der Waals surface area contributed by atoms with Crippen LogP contribution in [0.1, 0.15) is 366 Å². The van der Waals surface area contributed by atoms with E-state index in [0.29, 0.717) is 32.5 Å². The molecule has 6 spiro atoms. The Morgan fingerprint density at radius 3 is 1.01 bits per heavy atom. The molecule has 0 N–H and O–H groups in total. The number of hydrogen-bond acceptors (Lipinski definition) is 6. The standard InChI is InChI=1S/6C14H26O.CH4/c1-11(2)12-5-7-14(8-6-12)10-15-9-13(14,3)4;1-11(2)12-5-7-14(8-6-12)9-13(3,4)15-10-14;1-11(2)12-5-7-14(8-6-12)9-13(3,4)10-15-14;1-11(2)12-5-7-14(8-6-12)9-10-15-13(14,3)4;1-11(2)12-5-7-14(8-6-12)13(3,4)9-10-15-14;1-11(2)12-5-7-14(8-6-12)10-9-13(3,4)15-14;/h6*11-12H,5-10H2,1-4H3;1H4. The second-order valence-electron chi connectivity index (χ2n) is 40.1. The molecule has 0 aromatic carbocycles. The molecule has 0 amide bonds. The summed E-state index contributed by atoms with van der Waals surface area (Å²) in [7, 11) is 0. The van der Waals surface area contributed by atoms with E-state index >= 15 is 0 Å². The molecule has 0 aromatic rings. The van der Waals surface area contributed by atoms with E-state index in [4.69, 9.17) is 28.4 Å². The molecule has 6 aliphatic heterocycles. The summed E-state index contributed by atoms with van der Waals surface area (Å²) in [5.41, 5.74) is 4.02. The number of ether oxygens (including phenoxy) is 6. The molecule has 0 radical (unpaired) electrons. The quantitative estimate of drug-likeness (QED) is 0.264. The van der Waals surface area contributed by atoms with Crippen LogP contribution in [-0.2, 0) is 28.4 Å². The molecule has 0 atom stereocenters. The van der Waals surface area contributed by atoms with E-state index in [2.05, 4.69) is 166 Å². The smallest absolute Gasteiger partial charge is 0.0734 e. The normalized spacial score (nSPS) is 39.8. The molecule has 6 heteroatoms. The van der Waals surface area contributed by atoms with Crippen molar-refractivity contribution in [1.82, 2.24) is 0 Å². The molecule has 6 saturated heterocycles. The first-order chi connectivity index (χ1) is 41.7. The van der Waals surface area contributed by atoms with Crippen molar-refractivity contribution in [2.45, 2.75) is 400 Å². The Kier molecular flexibility index (Phi) is 27.6. The zero-order valence-corrected chi connectivity index (χ0v) is 64.8. The molecule has 0 bridgehead atoms. The Hall–Kier alpha value is -0.240. The SMILES string of the molecule is C.CC(C)C1CCC2(CC1)CC(C)(C)CO2.CC(C)C1CCC2(CC1)CCC(C)(C)O2.CC(C)C1CCC2(CC1)COC(C)(C)C2.CC(C)C1CCC2(CC1)COCC2(C)C.CC(C)C1CCC2(CC1)OCCC2(C)C.CC(C)C1CCC2(CCOC2(C)C)CC1. The summed E-state index contributed by atoms with van der Waals surface area (Å²) in [6.45, 7) is 62.2. The maximum Gasteiger partial charge on any atom is 0.0734 e. The third-order valence-electron chi connectivity index (χ3n) is 29.2. The van der Waals surface area contributed by atoms with Gasteiger partial charge in [-0.25, -0.2) is 0 Å². The molecule has 12 aliphatic rings. The summed E-state index contributed by atoms with van der Waals surface area (Å²) in [5, 5.41) is 0. The fraction of sp³-hybridized carbons (Fsp3) is 1.00. The summed E-state index contributed by atoms with van der Waals surface area (Å²) in [4.78, 5) is 0. The Morgan fingerprint density at radius 2 is 0.692 bits per heavy atom. The molecule has 6 heterocycles. The summed E-state index contributed by atoms with van der Waals surface area (Å²) in [6.07, 6.45) is 40.7. The lowest BCUT2D eigenvalue weighted by Crippen LogP contribution is -2.45. The third-order valence-corrected chi connectivity index (χ3v) is 29.2. The van der Waals surface area contributed by atoms with E-state index in [9.17, 15) is 0 Å². The maximum absolute atomic E-state index is 6.31. The van der Waals surface area contributed by atoms with Gasteiger partial charge in [0.1, 0.15) is 0 Å². The molecule has 6 aliphatic carbocycles. The van der Waals surface area contributed by atoms with Crippen LogP contribution < -0.4 is 0 Å². The van der Waals surface area contributed by atoms with E-state index in [1.807, 2.05) is 0 Å². The lowest BCUT2D eigenvalue weighted by Gasteiger charge is -2.45. The van der Waals surface area contributed by atoms with Gasteiger partial charge in [0.15, 0.2) is 0 Å². The highest BCUT2D eigenvalue weighted by atomic mass is 16.5. The molecule has 0 aromatic heterocycles. The minimum atomic E-state index is 0. The van der Waals surface area contributed by atoms with Crippen molar-refractivity contribution >= 4 is 0 Å². The molecule has 91 heavy (non-hydrogen) atoms. The molecule has 12 fully saturated rings. The van der Waals surface area contributed by atoms with Gasteiger partial charge in [0.2, 0.25) is 0 Å². The fourth-order valence-corrected chi connectivity index (χ4v) is 21.2. The molecule has 6 nitrogen and oxygen atoms in total. The van der Waals surface area contributed by atoms with Gasteiger partial charge >= 0.3 is 0 Å². The highest BCUT2D eigenvalue weighted by Crippen LogP contribution is 2.58. The van der Waals surface area contributed by atoms with Gasteiger partial charge in [-0.3, -0.25) is 0 Å². The van der Waals surface area contributed by atoms with Crippen molar-refractivity contribution in [3.63, 3.8) is 0 Å². The Morgan fingerprint density at radius 1 is 0.297 bits per heavy atom. The van der Waals surface area contributed by atoms with Gasteiger partial charge in [0.25, 0.3) is 0 Å². The van der Waals surface area contributed by atoms with Crippen LogP contribution in [-0.4, -0.2) is 73.2 Å². The highest BCUT2D eigenvalue weighted by Gasteiger charge is 2.55. The highest BCUT2D eigenvalue weighted by molar-refractivity contribution is 5.05. The fourth-order valence-electron chi connectivity index (χ4n) is 21.2. The minimum Gasteiger partial charge on any atom is -0.380 e. The number of hydrogen-bond donors (Lipinski definition) is 0. The summed E-state index contributed by atoms with van der Waals surface area (Å²) in [5.74, 6) is 10.9. The van der Waals surface area contributed by atoms with Gasteiger partial charge in [-0.2, -0.15) is 0 Å². The van der Waals surface area contributed by atoms with E-state index in [1.165, 1.54) is 193 Å². The van der Waals surface area contributed by atoms with E-state index < -0.39 is 0 Å². The van der Waals surface area contributed by atoms with Crippen LogP contribution in [0.25, 0.3) is 0 Å². The van der Waals surface area contributed by atoms with Crippen molar-refractivity contribution in [2.24, 2.45) is 104 Å². The topological polar surface area (TPSA) is 55.4 Å². The Balaban J connectivity index is 0.000000173. The van der Waals surface area contributed by atoms with Crippen LogP contribution in [0.5, 0.6) is 0 Å². The third kappa shape index (κ3) is 20.0. The zero-order valence-electron chi connectivity index (χ0n) is 64.8. The Labute approximate surface area is 568 Å². The molecule has 12 rings (SSSR count). The first-order valence-corrected chi connectivity index (χ1v) is 39.5. The van der Waals surface area contributed by atoms with Gasteiger partial charge in [0.05, 0.1) is 60.0 Å². The van der Waals surface area contributed by atoms with Gasteiger partial charge < -0.3 is 28.4 Å². The van der Waals surface area contributed by atoms with E-state index in [-0.39, 0.29) is 41.0 Å². The minimum absolute atomic E-state index is 0. The summed E-state index contributed by atoms with van der Waals surface area (Å²) >= 11 is 0. The van der Waals surface area contributed by atoms with Gasteiger partial charge in [-0.05, 0) is 327 Å². The van der Waals surface area contributed by atoms with Gasteiger partial charge in [-0.15, -0.1) is 0 Å². The van der Waals surface area contributed by atoms with Crippen molar-refractivity contribution in [3.05, 3.63) is 0 Å². The molecule has 536 valence electrons. The van der Waals surface area contributed by atoms with Crippen molar-refractivity contribution in [1.29, 1.82) is 0 Å². The monoisotopic (exact) mass is 1280 g/mol. The van der Waals surface area contributed by atoms with E-state index in [0.717, 1.165) is 111 Å². The first kappa shape index (κ1) is 79.7. The average molecular weight is 1280 g/mol. The first-order valence-electron chi connectivity index (χ1n) is 39.5. The van der Waals surface area contributed by atoms with Crippen molar-refractivity contribution in [2.75, 3.05) is 39.6 Å². The lowest BCUT2D eigenvalue weighted by atomic mass is 9.58. The van der Waals surface area contributed by atoms with Crippen LogP contribution in [0.15, 0.2) is 0 Å². The second kappa shape index (κ2) is 31.5. The predicted molar refractivity (Wildman–Crippen MR) is 390 cm³/mol. The number of rotatable bonds is 6. The van der Waals surface area contributed by atoms with Crippen LogP contribution in [0.4, 0.5) is 0 Å².